The number of carbonyl (C=O) groups is 2. The van der Waals surface area contributed by atoms with Crippen LogP contribution in [0.4, 0.5) is 0 Å². The maximum absolute atomic E-state index is 12.2. The minimum atomic E-state index is -1.17. The second-order valence-corrected chi connectivity index (χ2v) is 6.44. The van der Waals surface area contributed by atoms with Crippen molar-refractivity contribution < 1.29 is 14.3 Å². The van der Waals surface area contributed by atoms with Crippen molar-refractivity contribution in [3.63, 3.8) is 0 Å². The second kappa shape index (κ2) is 3.96. The molecule has 0 saturated carbocycles. The molecule has 1 atom stereocenters. The summed E-state index contributed by atoms with van der Waals surface area (Å²) in [5.74, 6) is -0.673. The first-order chi connectivity index (χ1) is 7.49. The van der Waals surface area contributed by atoms with Gasteiger partial charge >= 0.3 is 5.97 Å². The van der Waals surface area contributed by atoms with Gasteiger partial charge in [0.25, 0.3) is 0 Å². The van der Waals surface area contributed by atoms with E-state index in [1.807, 2.05) is 13.0 Å². The zero-order valence-corrected chi connectivity index (χ0v) is 11.4. The number of fused-ring (bicyclic) bond motifs is 1. The quantitative estimate of drug-likeness (QED) is 0.455. The van der Waals surface area contributed by atoms with Crippen molar-refractivity contribution in [2.75, 3.05) is 7.11 Å². The van der Waals surface area contributed by atoms with Gasteiger partial charge in [0.15, 0.2) is 4.32 Å². The summed E-state index contributed by atoms with van der Waals surface area (Å²) >= 11 is 4.69. The Morgan fingerprint density at radius 1 is 1.62 bits per heavy atom. The first kappa shape index (κ1) is 11.8. The van der Waals surface area contributed by atoms with Crippen LogP contribution >= 0.6 is 27.3 Å². The number of carbonyl (C=O) groups excluding carboxylic acids is 2. The van der Waals surface area contributed by atoms with Crippen LogP contribution in [0.15, 0.2) is 6.07 Å². The molecule has 16 heavy (non-hydrogen) atoms. The van der Waals surface area contributed by atoms with Crippen molar-refractivity contribution in [1.29, 1.82) is 0 Å². The van der Waals surface area contributed by atoms with E-state index >= 15 is 0 Å². The number of halogens is 1. The number of ketones is 1. The van der Waals surface area contributed by atoms with E-state index in [2.05, 4.69) is 20.7 Å². The molecule has 86 valence electrons. The maximum atomic E-state index is 12.2. The van der Waals surface area contributed by atoms with E-state index in [-0.39, 0.29) is 5.78 Å². The highest BCUT2D eigenvalue weighted by Crippen LogP contribution is 2.39. The van der Waals surface area contributed by atoms with Gasteiger partial charge in [-0.25, -0.2) is 0 Å². The number of thiophene rings is 1. The molecule has 5 heteroatoms. The minimum absolute atomic E-state index is 0.168. The summed E-state index contributed by atoms with van der Waals surface area (Å²) in [4.78, 5) is 25.6. The summed E-state index contributed by atoms with van der Waals surface area (Å²) in [6.45, 7) is 1.96. The summed E-state index contributed by atoms with van der Waals surface area (Å²) in [5, 5.41) is 0. The largest absolute Gasteiger partial charge is 0.468 e. The lowest BCUT2D eigenvalue weighted by Gasteiger charge is -2.26. The van der Waals surface area contributed by atoms with Gasteiger partial charge in [0.1, 0.15) is 0 Å². The number of methoxy groups -OCH3 is 1. The summed E-state index contributed by atoms with van der Waals surface area (Å²) in [6, 6.07) is 2.02. The lowest BCUT2D eigenvalue weighted by Crippen LogP contribution is -2.44. The number of rotatable bonds is 1. The summed E-state index contributed by atoms with van der Waals surface area (Å²) in [7, 11) is 1.30. The van der Waals surface area contributed by atoms with Crippen molar-refractivity contribution in [3.8, 4) is 0 Å². The van der Waals surface area contributed by atoms with E-state index in [1.54, 1.807) is 0 Å². The van der Waals surface area contributed by atoms with Gasteiger partial charge in [-0.1, -0.05) is 15.9 Å². The molecule has 2 rings (SSSR count). The molecular formula is C11H11BrO3S. The molecule has 1 aromatic rings. The van der Waals surface area contributed by atoms with Gasteiger partial charge in [-0.3, -0.25) is 9.59 Å². The molecule has 3 nitrogen and oxygen atoms in total. The topological polar surface area (TPSA) is 43.4 Å². The average molecular weight is 303 g/mol. The van der Waals surface area contributed by atoms with Crippen LogP contribution in [0.3, 0.4) is 0 Å². The van der Waals surface area contributed by atoms with Gasteiger partial charge in [-0.2, -0.15) is 0 Å². The van der Waals surface area contributed by atoms with E-state index in [0.29, 0.717) is 11.3 Å². The van der Waals surface area contributed by atoms with Crippen molar-refractivity contribution in [1.82, 2.24) is 0 Å². The van der Waals surface area contributed by atoms with Crippen LogP contribution in [-0.4, -0.2) is 23.2 Å². The Morgan fingerprint density at radius 2 is 2.31 bits per heavy atom. The van der Waals surface area contributed by atoms with Crippen LogP contribution in [0.2, 0.25) is 0 Å². The molecule has 0 N–H and O–H groups in total. The fraction of sp³-hybridized carbons (Fsp3) is 0.455. The molecule has 0 spiro atoms. The van der Waals surface area contributed by atoms with Crippen molar-refractivity contribution in [3.05, 3.63) is 21.4 Å². The van der Waals surface area contributed by atoms with Gasteiger partial charge in [0.05, 0.1) is 12.0 Å². The van der Waals surface area contributed by atoms with Crippen molar-refractivity contribution in [2.45, 2.75) is 24.1 Å². The minimum Gasteiger partial charge on any atom is -0.468 e. The lowest BCUT2D eigenvalue weighted by molar-refractivity contribution is -0.142. The zero-order chi connectivity index (χ0) is 11.9. The van der Waals surface area contributed by atoms with Crippen LogP contribution in [-0.2, 0) is 16.0 Å². The van der Waals surface area contributed by atoms with Crippen molar-refractivity contribution in [2.24, 2.45) is 0 Å². The van der Waals surface area contributed by atoms with Crippen molar-refractivity contribution >= 4 is 39.0 Å². The van der Waals surface area contributed by atoms with E-state index in [0.717, 1.165) is 16.9 Å². The van der Waals surface area contributed by atoms with E-state index in [4.69, 9.17) is 0 Å². The first-order valence-electron chi connectivity index (χ1n) is 4.90. The molecule has 1 aliphatic carbocycles. The molecule has 0 aromatic carbocycles. The number of ether oxygens (including phenoxy) is 1. The second-order valence-electron chi connectivity index (χ2n) is 3.83. The number of hydrogen-bond acceptors (Lipinski definition) is 4. The molecular weight excluding hydrogens is 292 g/mol. The predicted octanol–water partition coefficient (Wildman–Crippen LogP) is 2.49. The lowest BCUT2D eigenvalue weighted by atomic mass is 9.87. The number of esters is 1. The Bertz CT molecular complexity index is 466. The Hall–Kier alpha value is -0.680. The van der Waals surface area contributed by atoms with Crippen LogP contribution in [0.25, 0.3) is 0 Å². The van der Waals surface area contributed by atoms with Gasteiger partial charge in [0.2, 0.25) is 5.78 Å². The van der Waals surface area contributed by atoms with E-state index in [1.165, 1.54) is 18.4 Å². The average Bonchev–Trinajstić information content (AvgIpc) is 2.64. The molecule has 0 radical (unpaired) electrons. The highest BCUT2D eigenvalue weighted by atomic mass is 79.9. The Balaban J connectivity index is 2.44. The van der Waals surface area contributed by atoms with Gasteiger partial charge in [-0.15, -0.1) is 11.3 Å². The van der Waals surface area contributed by atoms with E-state index in [9.17, 15) is 9.59 Å². The molecule has 1 aliphatic rings. The highest BCUT2D eigenvalue weighted by Gasteiger charge is 2.48. The third-order valence-corrected chi connectivity index (χ3v) is 4.92. The maximum Gasteiger partial charge on any atom is 0.330 e. The number of Topliss-reactive ketones (excluding diaryl/α,β-unsaturated/α-hetero) is 1. The Morgan fingerprint density at radius 3 is 2.94 bits per heavy atom. The molecule has 0 bridgehead atoms. The van der Waals surface area contributed by atoms with Gasteiger partial charge in [0, 0.05) is 4.88 Å². The number of hydrogen-bond donors (Lipinski definition) is 0. The Labute approximate surface area is 106 Å². The van der Waals surface area contributed by atoms with Crippen LogP contribution < -0.4 is 0 Å². The van der Waals surface area contributed by atoms with Crippen LogP contribution in [0.5, 0.6) is 0 Å². The molecule has 1 aromatic heterocycles. The number of aryl methyl sites for hydroxylation is 2. The fourth-order valence-electron chi connectivity index (χ4n) is 1.90. The summed E-state index contributed by atoms with van der Waals surface area (Å²) < 4.78 is 3.51. The molecule has 0 aliphatic heterocycles. The third-order valence-electron chi connectivity index (χ3n) is 2.75. The zero-order valence-electron chi connectivity index (χ0n) is 9.00. The smallest absolute Gasteiger partial charge is 0.330 e. The van der Waals surface area contributed by atoms with Gasteiger partial charge < -0.3 is 4.74 Å². The highest BCUT2D eigenvalue weighted by molar-refractivity contribution is 9.10. The SMILES string of the molecule is COC(=O)C1(Br)CCc2cc(C)sc2C1=O. The van der Waals surface area contributed by atoms with E-state index < -0.39 is 10.3 Å². The van der Waals surface area contributed by atoms with Crippen LogP contribution in [0.1, 0.15) is 26.5 Å². The molecule has 0 fully saturated rings. The van der Waals surface area contributed by atoms with Gasteiger partial charge in [-0.05, 0) is 31.4 Å². The molecule has 0 amide bonds. The normalized spacial score (nSPS) is 24.1. The standard InChI is InChI=1S/C11H11BrO3S/c1-6-5-7-3-4-11(12,10(14)15-2)9(13)8(7)16-6/h5H,3-4H2,1-2H3. The Kier molecular flexibility index (Phi) is 2.92. The molecule has 1 unspecified atom stereocenters. The molecule has 0 saturated heterocycles. The number of alkyl halides is 1. The molecule has 1 heterocycles. The first-order valence-corrected chi connectivity index (χ1v) is 6.51. The monoisotopic (exact) mass is 302 g/mol. The fourth-order valence-corrected chi connectivity index (χ4v) is 3.67. The third kappa shape index (κ3) is 1.62. The summed E-state index contributed by atoms with van der Waals surface area (Å²) in [5.41, 5.74) is 1.05. The van der Waals surface area contributed by atoms with Crippen LogP contribution in [0, 0.1) is 6.92 Å². The summed E-state index contributed by atoms with van der Waals surface area (Å²) in [6.07, 6.45) is 1.19. The predicted molar refractivity (Wildman–Crippen MR) is 65.4 cm³/mol.